The number of ether oxygens (including phenoxy) is 2. The van der Waals surface area contributed by atoms with Crippen LogP contribution < -0.4 is 25.7 Å². The van der Waals surface area contributed by atoms with Crippen LogP contribution >= 0.6 is 23.8 Å². The van der Waals surface area contributed by atoms with Crippen molar-refractivity contribution in [2.24, 2.45) is 5.73 Å². The number of rotatable bonds is 7. The molecule has 2 N–H and O–H groups in total. The quantitative estimate of drug-likeness (QED) is 0.366. The molecule has 2 aromatic carbocycles. The number of halogens is 1. The summed E-state index contributed by atoms with van der Waals surface area (Å²) in [6, 6.07) is 13.8. The fourth-order valence-corrected chi connectivity index (χ4v) is 4.54. The van der Waals surface area contributed by atoms with E-state index < -0.39 is 11.5 Å². The molecule has 4 aromatic rings. The summed E-state index contributed by atoms with van der Waals surface area (Å²) in [7, 11) is 6.49. The molecule has 0 fully saturated rings. The van der Waals surface area contributed by atoms with Crippen molar-refractivity contribution in [3.8, 4) is 17.4 Å². The lowest BCUT2D eigenvalue weighted by atomic mass is 10.1. The summed E-state index contributed by atoms with van der Waals surface area (Å²) >= 11 is 12.0. The van der Waals surface area contributed by atoms with Gasteiger partial charge in [0.25, 0.3) is 17.3 Å². The normalized spacial score (nSPS) is 10.9. The number of carbonyl (C=O) groups excluding carboxylic acids is 1. The smallest absolute Gasteiger partial charge is 0.268 e. The zero-order valence-electron chi connectivity index (χ0n) is 20.1. The Labute approximate surface area is 217 Å². The lowest BCUT2D eigenvalue weighted by Gasteiger charge is -2.21. The van der Waals surface area contributed by atoms with E-state index in [0.29, 0.717) is 27.4 Å². The maximum Gasteiger partial charge on any atom is 0.268 e. The molecule has 0 aliphatic carbocycles. The van der Waals surface area contributed by atoms with Crippen LogP contribution in [-0.2, 0) is 6.54 Å². The van der Waals surface area contributed by atoms with E-state index in [1.54, 1.807) is 53.9 Å². The van der Waals surface area contributed by atoms with Gasteiger partial charge in [0.2, 0.25) is 0 Å². The Bertz CT molecular complexity index is 1610. The molecule has 0 radical (unpaired) electrons. The van der Waals surface area contributed by atoms with E-state index in [4.69, 9.17) is 39.0 Å². The summed E-state index contributed by atoms with van der Waals surface area (Å²) in [5.74, 6) is 0.256. The summed E-state index contributed by atoms with van der Waals surface area (Å²) in [5.41, 5.74) is 7.36. The minimum Gasteiger partial charge on any atom is -0.491 e. The van der Waals surface area contributed by atoms with Gasteiger partial charge in [-0.2, -0.15) is 4.98 Å². The maximum atomic E-state index is 13.8. The van der Waals surface area contributed by atoms with E-state index in [2.05, 4.69) is 4.98 Å². The van der Waals surface area contributed by atoms with Gasteiger partial charge in [-0.1, -0.05) is 23.7 Å². The number of primary amides is 1. The Balaban J connectivity index is 2.12. The topological polar surface area (TPSA) is 105 Å². The maximum absolute atomic E-state index is 13.8. The van der Waals surface area contributed by atoms with Gasteiger partial charge in [-0.3, -0.25) is 9.59 Å². The van der Waals surface area contributed by atoms with Crippen LogP contribution in [0, 0.1) is 4.77 Å². The first-order valence-corrected chi connectivity index (χ1v) is 11.6. The Hall–Kier alpha value is -3.89. The summed E-state index contributed by atoms with van der Waals surface area (Å²) in [6.07, 6.45) is 0. The van der Waals surface area contributed by atoms with E-state index in [1.807, 2.05) is 18.2 Å². The Morgan fingerprint density at radius 1 is 1.14 bits per heavy atom. The Morgan fingerprint density at radius 3 is 2.50 bits per heavy atom. The molecule has 9 nitrogen and oxygen atoms in total. The van der Waals surface area contributed by atoms with Gasteiger partial charge >= 0.3 is 0 Å². The third kappa shape index (κ3) is 4.52. The molecule has 4 rings (SSSR count). The molecule has 2 heterocycles. The van der Waals surface area contributed by atoms with Crippen LogP contribution in [0.1, 0.15) is 15.9 Å². The Kier molecular flexibility index (Phi) is 7.00. The SMILES string of the molecule is COc1ccc(-n2c(=O)c3cc(N(C)C)c(C(N)=O)cc3n(Cc3cccc(Cl)c3)c2=S)nc1OC. The number of fused-ring (bicyclic) bond motifs is 1. The number of anilines is 1. The predicted octanol–water partition coefficient (Wildman–Crippen LogP) is 3.80. The molecule has 0 atom stereocenters. The number of nitrogens with two attached hydrogens (primary N) is 1. The van der Waals surface area contributed by atoms with E-state index in [-0.39, 0.29) is 28.6 Å². The number of carbonyl (C=O) groups is 1. The number of pyridine rings is 1. The van der Waals surface area contributed by atoms with Gasteiger partial charge in [0, 0.05) is 24.8 Å². The highest BCUT2D eigenvalue weighted by Gasteiger charge is 2.20. The van der Waals surface area contributed by atoms with Crippen LogP contribution in [0.4, 0.5) is 5.69 Å². The monoisotopic (exact) mass is 525 g/mol. The van der Waals surface area contributed by atoms with Crippen molar-refractivity contribution in [3.63, 3.8) is 0 Å². The fourth-order valence-electron chi connectivity index (χ4n) is 3.99. The molecule has 11 heteroatoms. The van der Waals surface area contributed by atoms with Gasteiger partial charge < -0.3 is 24.7 Å². The number of nitrogens with zero attached hydrogens (tertiary/aromatic N) is 4. The summed E-state index contributed by atoms with van der Waals surface area (Å²) in [6.45, 7) is 0.281. The second kappa shape index (κ2) is 10.00. The van der Waals surface area contributed by atoms with Crippen LogP contribution in [0.25, 0.3) is 16.7 Å². The largest absolute Gasteiger partial charge is 0.491 e. The molecule has 2 aromatic heterocycles. The van der Waals surface area contributed by atoms with Crippen molar-refractivity contribution in [1.29, 1.82) is 0 Å². The number of methoxy groups -OCH3 is 2. The average Bonchev–Trinajstić information content (AvgIpc) is 2.85. The number of hydrogen-bond donors (Lipinski definition) is 1. The minimum atomic E-state index is -0.619. The van der Waals surface area contributed by atoms with E-state index >= 15 is 0 Å². The number of hydrogen-bond acceptors (Lipinski definition) is 7. The highest BCUT2D eigenvalue weighted by molar-refractivity contribution is 7.71. The molecule has 36 heavy (non-hydrogen) atoms. The fraction of sp³-hybridized carbons (Fsp3) is 0.200. The van der Waals surface area contributed by atoms with Gasteiger partial charge in [-0.15, -0.1) is 0 Å². The molecule has 0 saturated carbocycles. The molecule has 0 bridgehead atoms. The summed E-state index contributed by atoms with van der Waals surface area (Å²) in [4.78, 5) is 32.3. The van der Waals surface area contributed by atoms with E-state index in [9.17, 15) is 9.59 Å². The summed E-state index contributed by atoms with van der Waals surface area (Å²) in [5, 5.41) is 0.891. The second-order valence-corrected chi connectivity index (χ2v) is 8.97. The van der Waals surface area contributed by atoms with Crippen LogP contribution in [0.2, 0.25) is 5.02 Å². The van der Waals surface area contributed by atoms with Gasteiger partial charge in [0.05, 0.1) is 37.2 Å². The standard InChI is InChI=1S/C25H24ClN5O4S/c1-29(2)18-12-17-19(11-16(18)22(27)32)30(13-14-6-5-7-15(26)10-14)25(36)31(24(17)33)21-9-8-20(34-3)23(28-21)35-4/h5-12H,13H2,1-4H3,(H2,27,32). The molecule has 1 amide bonds. The van der Waals surface area contributed by atoms with Crippen LogP contribution in [-0.4, -0.2) is 48.3 Å². The van der Waals surface area contributed by atoms with Gasteiger partial charge in [-0.25, -0.2) is 4.57 Å². The first-order chi connectivity index (χ1) is 17.2. The molecule has 0 spiro atoms. The first kappa shape index (κ1) is 25.2. The highest BCUT2D eigenvalue weighted by Crippen LogP contribution is 2.28. The number of aromatic nitrogens is 3. The van der Waals surface area contributed by atoms with E-state index in [1.165, 1.54) is 18.8 Å². The van der Waals surface area contributed by atoms with Crippen molar-refractivity contribution < 1.29 is 14.3 Å². The van der Waals surface area contributed by atoms with Crippen LogP contribution in [0.15, 0.2) is 53.3 Å². The number of amides is 1. The third-order valence-corrected chi connectivity index (χ3v) is 6.33. The molecule has 0 saturated heterocycles. The second-order valence-electron chi connectivity index (χ2n) is 8.17. The lowest BCUT2D eigenvalue weighted by Crippen LogP contribution is -2.27. The zero-order chi connectivity index (χ0) is 26.1. The molecule has 0 aliphatic heterocycles. The molecule has 186 valence electrons. The minimum absolute atomic E-state index is 0.167. The molecule has 0 unspecified atom stereocenters. The average molecular weight is 526 g/mol. The van der Waals surface area contributed by atoms with E-state index in [0.717, 1.165) is 5.56 Å². The van der Waals surface area contributed by atoms with Crippen molar-refractivity contribution >= 4 is 46.3 Å². The molecular weight excluding hydrogens is 502 g/mol. The van der Waals surface area contributed by atoms with Crippen molar-refractivity contribution in [3.05, 3.63) is 79.8 Å². The molecule has 0 aliphatic rings. The summed E-state index contributed by atoms with van der Waals surface area (Å²) < 4.78 is 13.9. The van der Waals surface area contributed by atoms with Gasteiger partial charge in [0.15, 0.2) is 10.5 Å². The predicted molar refractivity (Wildman–Crippen MR) is 143 cm³/mol. The zero-order valence-corrected chi connectivity index (χ0v) is 21.7. The lowest BCUT2D eigenvalue weighted by molar-refractivity contribution is 0.100. The van der Waals surface area contributed by atoms with Crippen molar-refractivity contribution in [1.82, 2.24) is 14.1 Å². The first-order valence-electron chi connectivity index (χ1n) is 10.8. The number of benzene rings is 2. The van der Waals surface area contributed by atoms with Crippen molar-refractivity contribution in [2.45, 2.75) is 6.54 Å². The molecular formula is C25H24ClN5O4S. The third-order valence-electron chi connectivity index (χ3n) is 5.69. The van der Waals surface area contributed by atoms with Gasteiger partial charge in [-0.05, 0) is 54.2 Å². The Morgan fingerprint density at radius 2 is 1.89 bits per heavy atom. The van der Waals surface area contributed by atoms with Crippen LogP contribution in [0.5, 0.6) is 11.6 Å². The van der Waals surface area contributed by atoms with Crippen LogP contribution in [0.3, 0.4) is 0 Å². The van der Waals surface area contributed by atoms with Gasteiger partial charge in [0.1, 0.15) is 5.82 Å². The highest BCUT2D eigenvalue weighted by atomic mass is 35.5. The van der Waals surface area contributed by atoms with Crippen molar-refractivity contribution in [2.75, 3.05) is 33.2 Å².